The predicted octanol–water partition coefficient (Wildman–Crippen LogP) is 1.10. The Morgan fingerprint density at radius 3 is 3.00 bits per heavy atom. The van der Waals surface area contributed by atoms with Crippen LogP contribution in [0.1, 0.15) is 26.7 Å². The minimum atomic E-state index is 0.691. The summed E-state index contributed by atoms with van der Waals surface area (Å²) >= 11 is 0. The molecule has 3 heteroatoms. The minimum absolute atomic E-state index is 0.691. The van der Waals surface area contributed by atoms with Gasteiger partial charge in [0.15, 0.2) is 0 Å². The van der Waals surface area contributed by atoms with Crippen LogP contribution in [-0.2, 0) is 4.74 Å². The zero-order chi connectivity index (χ0) is 10.2. The third-order valence-electron chi connectivity index (χ3n) is 2.87. The Bertz CT molecular complexity index is 133. The molecule has 0 spiro atoms. The van der Waals surface area contributed by atoms with E-state index in [-0.39, 0.29) is 0 Å². The molecule has 1 atom stereocenters. The van der Waals surface area contributed by atoms with Crippen molar-refractivity contribution >= 4 is 0 Å². The third-order valence-corrected chi connectivity index (χ3v) is 2.87. The molecule has 0 saturated carbocycles. The Kier molecular flexibility index (Phi) is 6.15. The van der Waals surface area contributed by atoms with Crippen LogP contribution in [0.2, 0.25) is 0 Å². The standard InChI is InChI=1S/C11H24N2O/c1-3-12-6-5-11(2)13-7-4-9-14-10-8-13/h11-12H,3-10H2,1-2H3. The predicted molar refractivity (Wildman–Crippen MR) is 59.6 cm³/mol. The molecule has 0 amide bonds. The van der Waals surface area contributed by atoms with Crippen molar-refractivity contribution in [1.82, 2.24) is 10.2 Å². The van der Waals surface area contributed by atoms with E-state index in [1.807, 2.05) is 0 Å². The number of hydrogen-bond acceptors (Lipinski definition) is 3. The molecule has 1 aliphatic rings. The van der Waals surface area contributed by atoms with Crippen molar-refractivity contribution in [2.24, 2.45) is 0 Å². The maximum Gasteiger partial charge on any atom is 0.0593 e. The summed E-state index contributed by atoms with van der Waals surface area (Å²) in [6.07, 6.45) is 2.43. The number of nitrogens with zero attached hydrogens (tertiary/aromatic N) is 1. The normalized spacial score (nSPS) is 21.9. The summed E-state index contributed by atoms with van der Waals surface area (Å²) in [5.74, 6) is 0. The van der Waals surface area contributed by atoms with E-state index >= 15 is 0 Å². The van der Waals surface area contributed by atoms with Crippen LogP contribution in [0, 0.1) is 0 Å². The quantitative estimate of drug-likeness (QED) is 0.673. The third kappa shape index (κ3) is 4.40. The molecular weight excluding hydrogens is 176 g/mol. The van der Waals surface area contributed by atoms with E-state index in [0.717, 1.165) is 32.8 Å². The maximum atomic E-state index is 5.44. The van der Waals surface area contributed by atoms with Crippen LogP contribution < -0.4 is 5.32 Å². The summed E-state index contributed by atoms with van der Waals surface area (Å²) in [5, 5.41) is 3.38. The first-order valence-electron chi connectivity index (χ1n) is 5.87. The molecule has 0 aromatic rings. The van der Waals surface area contributed by atoms with Gasteiger partial charge in [0.05, 0.1) is 6.61 Å². The lowest BCUT2D eigenvalue weighted by atomic mass is 10.2. The van der Waals surface area contributed by atoms with Crippen molar-refractivity contribution < 1.29 is 4.74 Å². The molecule has 1 fully saturated rings. The van der Waals surface area contributed by atoms with Crippen LogP contribution in [0.3, 0.4) is 0 Å². The Labute approximate surface area is 87.8 Å². The van der Waals surface area contributed by atoms with Gasteiger partial charge < -0.3 is 10.1 Å². The highest BCUT2D eigenvalue weighted by atomic mass is 16.5. The molecule has 84 valence electrons. The Morgan fingerprint density at radius 2 is 2.21 bits per heavy atom. The summed E-state index contributed by atoms with van der Waals surface area (Å²) < 4.78 is 5.44. The van der Waals surface area contributed by atoms with Crippen LogP contribution in [0.25, 0.3) is 0 Å². The van der Waals surface area contributed by atoms with E-state index in [2.05, 4.69) is 24.1 Å². The maximum absolute atomic E-state index is 5.44. The summed E-state index contributed by atoms with van der Waals surface area (Å²) in [6.45, 7) is 10.8. The number of hydrogen-bond donors (Lipinski definition) is 1. The molecule has 1 aliphatic heterocycles. The molecule has 0 aliphatic carbocycles. The first-order chi connectivity index (χ1) is 6.84. The van der Waals surface area contributed by atoms with Crippen molar-refractivity contribution in [3.8, 4) is 0 Å². The lowest BCUT2D eigenvalue weighted by Crippen LogP contribution is -2.37. The van der Waals surface area contributed by atoms with Crippen LogP contribution >= 0.6 is 0 Å². The lowest BCUT2D eigenvalue weighted by molar-refractivity contribution is 0.132. The zero-order valence-corrected chi connectivity index (χ0v) is 9.59. The number of ether oxygens (including phenoxy) is 1. The van der Waals surface area contributed by atoms with E-state index in [1.54, 1.807) is 0 Å². The van der Waals surface area contributed by atoms with Gasteiger partial charge in [-0.25, -0.2) is 0 Å². The van der Waals surface area contributed by atoms with E-state index in [0.29, 0.717) is 6.04 Å². The van der Waals surface area contributed by atoms with Gasteiger partial charge in [0, 0.05) is 25.7 Å². The van der Waals surface area contributed by atoms with Gasteiger partial charge in [-0.3, -0.25) is 4.90 Å². The fraction of sp³-hybridized carbons (Fsp3) is 1.00. The molecular formula is C11H24N2O. The van der Waals surface area contributed by atoms with Crippen LogP contribution in [0.15, 0.2) is 0 Å². The highest BCUT2D eigenvalue weighted by Gasteiger charge is 2.14. The van der Waals surface area contributed by atoms with Crippen LogP contribution in [-0.4, -0.2) is 50.3 Å². The molecule has 0 radical (unpaired) electrons. The van der Waals surface area contributed by atoms with Gasteiger partial charge in [-0.1, -0.05) is 6.92 Å². The SMILES string of the molecule is CCNCCC(C)N1CCCOCC1. The van der Waals surface area contributed by atoms with Gasteiger partial charge in [0.2, 0.25) is 0 Å². The Balaban J connectivity index is 2.16. The highest BCUT2D eigenvalue weighted by molar-refractivity contribution is 4.70. The second-order valence-electron chi connectivity index (χ2n) is 3.99. The van der Waals surface area contributed by atoms with E-state index in [4.69, 9.17) is 4.74 Å². The molecule has 0 aromatic carbocycles. The minimum Gasteiger partial charge on any atom is -0.380 e. The summed E-state index contributed by atoms with van der Waals surface area (Å²) in [7, 11) is 0. The summed E-state index contributed by atoms with van der Waals surface area (Å²) in [6, 6.07) is 0.691. The molecule has 1 unspecified atom stereocenters. The zero-order valence-electron chi connectivity index (χ0n) is 9.59. The van der Waals surface area contributed by atoms with Crippen molar-refractivity contribution in [3.63, 3.8) is 0 Å². The molecule has 0 aromatic heterocycles. The fourth-order valence-electron chi connectivity index (χ4n) is 1.88. The number of nitrogens with one attached hydrogen (secondary N) is 1. The fourth-order valence-corrected chi connectivity index (χ4v) is 1.88. The van der Waals surface area contributed by atoms with Crippen molar-refractivity contribution in [1.29, 1.82) is 0 Å². The molecule has 14 heavy (non-hydrogen) atoms. The smallest absolute Gasteiger partial charge is 0.0593 e. The molecule has 0 bridgehead atoms. The molecule has 3 nitrogen and oxygen atoms in total. The second-order valence-corrected chi connectivity index (χ2v) is 3.99. The Hall–Kier alpha value is -0.120. The number of rotatable bonds is 5. The average molecular weight is 200 g/mol. The van der Waals surface area contributed by atoms with E-state index in [9.17, 15) is 0 Å². The van der Waals surface area contributed by atoms with Gasteiger partial charge in [-0.05, 0) is 32.9 Å². The van der Waals surface area contributed by atoms with E-state index < -0.39 is 0 Å². The first kappa shape index (κ1) is 12.0. The topological polar surface area (TPSA) is 24.5 Å². The highest BCUT2D eigenvalue weighted by Crippen LogP contribution is 2.07. The molecule has 1 rings (SSSR count). The average Bonchev–Trinajstić information content (AvgIpc) is 2.46. The lowest BCUT2D eigenvalue weighted by Gasteiger charge is -2.27. The summed E-state index contributed by atoms with van der Waals surface area (Å²) in [4.78, 5) is 2.55. The van der Waals surface area contributed by atoms with E-state index in [1.165, 1.54) is 19.4 Å². The van der Waals surface area contributed by atoms with Crippen molar-refractivity contribution in [2.75, 3.05) is 39.4 Å². The molecule has 1 saturated heterocycles. The van der Waals surface area contributed by atoms with Gasteiger partial charge in [0.1, 0.15) is 0 Å². The summed E-state index contributed by atoms with van der Waals surface area (Å²) in [5.41, 5.74) is 0. The largest absolute Gasteiger partial charge is 0.380 e. The second kappa shape index (κ2) is 7.21. The first-order valence-corrected chi connectivity index (χ1v) is 5.87. The van der Waals surface area contributed by atoms with Crippen LogP contribution in [0.5, 0.6) is 0 Å². The Morgan fingerprint density at radius 1 is 1.36 bits per heavy atom. The molecule has 1 N–H and O–H groups in total. The van der Waals surface area contributed by atoms with Gasteiger partial charge in [-0.2, -0.15) is 0 Å². The van der Waals surface area contributed by atoms with Gasteiger partial charge >= 0.3 is 0 Å². The van der Waals surface area contributed by atoms with Crippen molar-refractivity contribution in [2.45, 2.75) is 32.7 Å². The van der Waals surface area contributed by atoms with Gasteiger partial charge in [0.25, 0.3) is 0 Å². The monoisotopic (exact) mass is 200 g/mol. The van der Waals surface area contributed by atoms with Gasteiger partial charge in [-0.15, -0.1) is 0 Å². The van der Waals surface area contributed by atoms with Crippen LogP contribution in [0.4, 0.5) is 0 Å². The van der Waals surface area contributed by atoms with Crippen molar-refractivity contribution in [3.05, 3.63) is 0 Å². The molecule has 1 heterocycles.